The van der Waals surface area contributed by atoms with E-state index in [2.05, 4.69) is 16.5 Å². The summed E-state index contributed by atoms with van der Waals surface area (Å²) in [5, 5.41) is 0. The molecule has 1 unspecified atom stereocenters. The monoisotopic (exact) mass is 191 g/mol. The Morgan fingerprint density at radius 1 is 1.36 bits per heavy atom. The fourth-order valence-corrected chi connectivity index (χ4v) is 2.51. The highest BCUT2D eigenvalue weighted by atomic mass is 15.2. The number of fused-ring (bicyclic) bond motifs is 1. The van der Waals surface area contributed by atoms with Gasteiger partial charge in [0.05, 0.1) is 11.9 Å². The third-order valence-electron chi connectivity index (χ3n) is 3.43. The number of nitrogens with zero attached hydrogens (tertiary/aromatic N) is 2. The van der Waals surface area contributed by atoms with Crippen LogP contribution in [0.4, 0.5) is 0 Å². The van der Waals surface area contributed by atoms with Crippen molar-refractivity contribution in [3.63, 3.8) is 0 Å². The summed E-state index contributed by atoms with van der Waals surface area (Å²) in [6.07, 6.45) is 6.31. The predicted octanol–water partition coefficient (Wildman–Crippen LogP) is 1.86. The average Bonchev–Trinajstić information content (AvgIpc) is 2.94. The third kappa shape index (κ3) is 1.12. The lowest BCUT2D eigenvalue weighted by atomic mass is 10.1. The maximum absolute atomic E-state index is 6.15. The van der Waals surface area contributed by atoms with Crippen LogP contribution in [0.2, 0.25) is 0 Å². The van der Waals surface area contributed by atoms with Gasteiger partial charge < -0.3 is 10.3 Å². The summed E-state index contributed by atoms with van der Waals surface area (Å²) in [7, 11) is 0. The number of aromatic nitrogens is 2. The van der Waals surface area contributed by atoms with Crippen LogP contribution in [0.5, 0.6) is 0 Å². The van der Waals surface area contributed by atoms with Crippen molar-refractivity contribution in [2.45, 2.75) is 51.1 Å². The molecule has 0 saturated heterocycles. The van der Waals surface area contributed by atoms with Gasteiger partial charge in [-0.3, -0.25) is 0 Å². The molecule has 2 N–H and O–H groups in total. The summed E-state index contributed by atoms with van der Waals surface area (Å²) >= 11 is 0. The number of hydrogen-bond donors (Lipinski definition) is 1. The van der Waals surface area contributed by atoms with Gasteiger partial charge in [0.15, 0.2) is 0 Å². The van der Waals surface area contributed by atoms with Crippen LogP contribution in [0.1, 0.15) is 55.0 Å². The Bertz CT molecular complexity index is 363. The minimum absolute atomic E-state index is 0.190. The first-order valence-electron chi connectivity index (χ1n) is 5.60. The molecule has 3 nitrogen and oxygen atoms in total. The zero-order chi connectivity index (χ0) is 9.71. The molecule has 1 aromatic heterocycles. The highest BCUT2D eigenvalue weighted by Gasteiger charge is 2.33. The molecular formula is C11H17N3. The molecule has 1 aliphatic heterocycles. The van der Waals surface area contributed by atoms with Gasteiger partial charge in [-0.2, -0.15) is 0 Å². The largest absolute Gasteiger partial charge is 0.316 e. The molecule has 3 heteroatoms. The standard InChI is InChI=1S/C11H17N3/c1-7-9-3-2-4-10(12)14(9)11(13-7)8-5-6-8/h8,10H,2-6,12H2,1H3. The smallest absolute Gasteiger partial charge is 0.113 e. The van der Waals surface area contributed by atoms with E-state index in [9.17, 15) is 0 Å². The van der Waals surface area contributed by atoms with Crippen molar-refractivity contribution >= 4 is 0 Å². The number of aryl methyl sites for hydroxylation is 1. The molecule has 3 rings (SSSR count). The first-order valence-corrected chi connectivity index (χ1v) is 5.60. The second kappa shape index (κ2) is 2.83. The van der Waals surface area contributed by atoms with E-state index in [0.717, 1.165) is 6.42 Å². The molecule has 1 saturated carbocycles. The van der Waals surface area contributed by atoms with Gasteiger partial charge in [-0.1, -0.05) is 0 Å². The number of nitrogens with two attached hydrogens (primary N) is 1. The molecule has 0 bridgehead atoms. The van der Waals surface area contributed by atoms with Gasteiger partial charge in [0.1, 0.15) is 5.82 Å². The van der Waals surface area contributed by atoms with Crippen molar-refractivity contribution in [3.8, 4) is 0 Å². The Morgan fingerprint density at radius 3 is 2.86 bits per heavy atom. The summed E-state index contributed by atoms with van der Waals surface area (Å²) in [5.74, 6) is 1.98. The van der Waals surface area contributed by atoms with Gasteiger partial charge in [0.2, 0.25) is 0 Å². The van der Waals surface area contributed by atoms with Crippen LogP contribution in [-0.4, -0.2) is 9.55 Å². The second-order valence-corrected chi connectivity index (χ2v) is 4.61. The molecule has 2 heterocycles. The number of imidazole rings is 1. The Kier molecular flexibility index (Phi) is 1.71. The van der Waals surface area contributed by atoms with E-state index in [1.54, 1.807) is 0 Å². The highest BCUT2D eigenvalue weighted by molar-refractivity contribution is 5.23. The predicted molar refractivity (Wildman–Crippen MR) is 55.1 cm³/mol. The topological polar surface area (TPSA) is 43.8 Å². The number of rotatable bonds is 1. The van der Waals surface area contributed by atoms with Gasteiger partial charge in [0, 0.05) is 11.6 Å². The molecule has 0 radical (unpaired) electrons. The quantitative estimate of drug-likeness (QED) is 0.736. The van der Waals surface area contributed by atoms with Crippen molar-refractivity contribution in [2.24, 2.45) is 5.73 Å². The van der Waals surface area contributed by atoms with Crippen LogP contribution in [-0.2, 0) is 6.42 Å². The van der Waals surface area contributed by atoms with Gasteiger partial charge in [-0.25, -0.2) is 4.98 Å². The van der Waals surface area contributed by atoms with Gasteiger partial charge in [-0.05, 0) is 39.0 Å². The Morgan fingerprint density at radius 2 is 2.14 bits per heavy atom. The first kappa shape index (κ1) is 8.48. The molecule has 0 aromatic carbocycles. The van der Waals surface area contributed by atoms with Crippen molar-refractivity contribution < 1.29 is 0 Å². The average molecular weight is 191 g/mol. The summed E-state index contributed by atoms with van der Waals surface area (Å²) < 4.78 is 2.32. The lowest BCUT2D eigenvalue weighted by Crippen LogP contribution is -2.26. The second-order valence-electron chi connectivity index (χ2n) is 4.61. The lowest BCUT2D eigenvalue weighted by molar-refractivity contribution is 0.401. The van der Waals surface area contributed by atoms with E-state index >= 15 is 0 Å². The van der Waals surface area contributed by atoms with Crippen LogP contribution >= 0.6 is 0 Å². The Labute approximate surface area is 84.3 Å². The molecule has 14 heavy (non-hydrogen) atoms. The summed E-state index contributed by atoms with van der Waals surface area (Å²) in [4.78, 5) is 4.69. The van der Waals surface area contributed by atoms with Gasteiger partial charge in [0.25, 0.3) is 0 Å². The zero-order valence-electron chi connectivity index (χ0n) is 8.66. The fourth-order valence-electron chi connectivity index (χ4n) is 2.51. The maximum Gasteiger partial charge on any atom is 0.113 e. The molecule has 1 fully saturated rings. The van der Waals surface area contributed by atoms with Gasteiger partial charge >= 0.3 is 0 Å². The zero-order valence-corrected chi connectivity index (χ0v) is 8.66. The van der Waals surface area contributed by atoms with Crippen molar-refractivity contribution in [1.29, 1.82) is 0 Å². The van der Waals surface area contributed by atoms with E-state index in [4.69, 9.17) is 5.73 Å². The Balaban J connectivity index is 2.12. The van der Waals surface area contributed by atoms with E-state index in [0.29, 0.717) is 5.92 Å². The van der Waals surface area contributed by atoms with Crippen molar-refractivity contribution in [3.05, 3.63) is 17.2 Å². The van der Waals surface area contributed by atoms with Crippen LogP contribution in [0.3, 0.4) is 0 Å². The number of hydrogen-bond acceptors (Lipinski definition) is 2. The maximum atomic E-state index is 6.15. The summed E-state index contributed by atoms with van der Waals surface area (Å²) in [6.45, 7) is 2.12. The highest BCUT2D eigenvalue weighted by Crippen LogP contribution is 2.42. The molecule has 0 spiro atoms. The van der Waals surface area contributed by atoms with E-state index < -0.39 is 0 Å². The molecule has 76 valence electrons. The third-order valence-corrected chi connectivity index (χ3v) is 3.43. The molecule has 1 atom stereocenters. The van der Waals surface area contributed by atoms with Gasteiger partial charge in [-0.15, -0.1) is 0 Å². The lowest BCUT2D eigenvalue weighted by Gasteiger charge is -2.24. The summed E-state index contributed by atoms with van der Waals surface area (Å²) in [5.41, 5.74) is 8.75. The molecule has 1 aromatic rings. The normalized spacial score (nSPS) is 26.3. The van der Waals surface area contributed by atoms with Crippen LogP contribution in [0.25, 0.3) is 0 Å². The van der Waals surface area contributed by atoms with Crippen LogP contribution < -0.4 is 5.73 Å². The van der Waals surface area contributed by atoms with E-state index in [1.165, 1.54) is 42.9 Å². The molecule has 1 aliphatic carbocycles. The van der Waals surface area contributed by atoms with Crippen molar-refractivity contribution in [2.75, 3.05) is 0 Å². The molecule has 2 aliphatic rings. The van der Waals surface area contributed by atoms with Crippen LogP contribution in [0.15, 0.2) is 0 Å². The minimum Gasteiger partial charge on any atom is -0.316 e. The fraction of sp³-hybridized carbons (Fsp3) is 0.727. The van der Waals surface area contributed by atoms with Crippen molar-refractivity contribution in [1.82, 2.24) is 9.55 Å². The SMILES string of the molecule is Cc1nc(C2CC2)n2c1CCCC2N. The minimum atomic E-state index is 0.190. The van der Waals surface area contributed by atoms with Crippen LogP contribution in [0, 0.1) is 6.92 Å². The van der Waals surface area contributed by atoms with E-state index in [1.807, 2.05) is 0 Å². The molecule has 0 amide bonds. The van der Waals surface area contributed by atoms with E-state index in [-0.39, 0.29) is 6.17 Å². The first-order chi connectivity index (χ1) is 6.77. The summed E-state index contributed by atoms with van der Waals surface area (Å²) in [6, 6.07) is 0. The Hall–Kier alpha value is -0.830. The molecular weight excluding hydrogens is 174 g/mol.